The monoisotopic (exact) mass is 248 g/mol. The van der Waals surface area contributed by atoms with Gasteiger partial charge >= 0.3 is 0 Å². The first-order valence-electron chi connectivity index (χ1n) is 4.49. The summed E-state index contributed by atoms with van der Waals surface area (Å²) in [5, 5.41) is 0.407. The van der Waals surface area contributed by atoms with Crippen LogP contribution in [-0.2, 0) is 10.0 Å². The summed E-state index contributed by atoms with van der Waals surface area (Å²) in [6, 6.07) is 4.60. The minimum Gasteiger partial charge on any atom is -0.399 e. The summed E-state index contributed by atoms with van der Waals surface area (Å²) >= 11 is 5.74. The maximum atomic E-state index is 11.4. The molecule has 1 aromatic rings. The van der Waals surface area contributed by atoms with Crippen molar-refractivity contribution < 1.29 is 8.42 Å². The maximum Gasteiger partial charge on any atom is 0.232 e. The van der Waals surface area contributed by atoms with E-state index in [4.69, 9.17) is 17.3 Å². The molecule has 3 N–H and O–H groups in total. The first-order chi connectivity index (χ1) is 6.93. The van der Waals surface area contributed by atoms with Crippen LogP contribution in [0.2, 0.25) is 5.02 Å². The number of hydrogen-bond donors (Lipinski definition) is 2. The van der Waals surface area contributed by atoms with Gasteiger partial charge in [0.25, 0.3) is 0 Å². The van der Waals surface area contributed by atoms with Crippen molar-refractivity contribution in [1.29, 1.82) is 0 Å². The van der Waals surface area contributed by atoms with Crippen molar-refractivity contribution in [2.24, 2.45) is 0 Å². The summed E-state index contributed by atoms with van der Waals surface area (Å²) in [5.74, 6) is 0.0828. The molecule has 1 rings (SSSR count). The molecule has 6 heteroatoms. The van der Waals surface area contributed by atoms with E-state index in [-0.39, 0.29) is 5.75 Å². The number of nitrogen functional groups attached to an aromatic ring is 1. The smallest absolute Gasteiger partial charge is 0.232 e. The van der Waals surface area contributed by atoms with E-state index in [0.717, 1.165) is 0 Å². The molecular formula is C9H13ClN2O2S. The molecule has 0 aliphatic rings. The first kappa shape index (κ1) is 12.1. The average molecular weight is 249 g/mol. The van der Waals surface area contributed by atoms with Crippen LogP contribution in [0.4, 0.5) is 11.4 Å². The Hall–Kier alpha value is -0.940. The van der Waals surface area contributed by atoms with Crippen molar-refractivity contribution >= 4 is 33.0 Å². The average Bonchev–Trinajstić information content (AvgIpc) is 1.99. The van der Waals surface area contributed by atoms with Crippen LogP contribution < -0.4 is 10.5 Å². The minimum absolute atomic E-state index is 0.0828. The Labute approximate surface area is 94.5 Å². The molecule has 0 heterocycles. The van der Waals surface area contributed by atoms with Crippen LogP contribution in [0.1, 0.15) is 13.3 Å². The zero-order valence-corrected chi connectivity index (χ0v) is 9.90. The molecule has 0 atom stereocenters. The number of sulfonamides is 1. The predicted octanol–water partition coefficient (Wildman–Crippen LogP) is 2.07. The van der Waals surface area contributed by atoms with E-state index in [2.05, 4.69) is 4.72 Å². The van der Waals surface area contributed by atoms with Gasteiger partial charge in [-0.3, -0.25) is 4.72 Å². The second kappa shape index (κ2) is 4.72. The fourth-order valence-corrected chi connectivity index (χ4v) is 2.53. The number of anilines is 2. The van der Waals surface area contributed by atoms with Gasteiger partial charge in [-0.25, -0.2) is 8.42 Å². The summed E-state index contributed by atoms with van der Waals surface area (Å²) in [5.41, 5.74) is 6.36. The molecular weight excluding hydrogens is 236 g/mol. The van der Waals surface area contributed by atoms with Gasteiger partial charge in [-0.1, -0.05) is 18.5 Å². The lowest BCUT2D eigenvalue weighted by Gasteiger charge is -2.07. The van der Waals surface area contributed by atoms with E-state index in [1.807, 2.05) is 0 Å². The van der Waals surface area contributed by atoms with Crippen LogP contribution in [0, 0.1) is 0 Å². The van der Waals surface area contributed by atoms with Gasteiger partial charge in [-0.15, -0.1) is 0 Å². The molecule has 0 radical (unpaired) electrons. The minimum atomic E-state index is -3.28. The molecule has 4 nitrogen and oxygen atoms in total. The van der Waals surface area contributed by atoms with Gasteiger partial charge < -0.3 is 5.73 Å². The summed E-state index contributed by atoms with van der Waals surface area (Å²) in [4.78, 5) is 0. The number of nitrogens with one attached hydrogen (secondary N) is 1. The van der Waals surface area contributed by atoms with E-state index in [0.29, 0.717) is 22.8 Å². The molecule has 0 unspecified atom stereocenters. The Balaban J connectivity index is 2.90. The van der Waals surface area contributed by atoms with E-state index in [1.54, 1.807) is 13.0 Å². The quantitative estimate of drug-likeness (QED) is 0.802. The Morgan fingerprint density at radius 3 is 2.60 bits per heavy atom. The summed E-state index contributed by atoms with van der Waals surface area (Å²) < 4.78 is 25.3. The molecule has 84 valence electrons. The van der Waals surface area contributed by atoms with Crippen LogP contribution in [-0.4, -0.2) is 14.2 Å². The fraction of sp³-hybridized carbons (Fsp3) is 0.333. The second-order valence-electron chi connectivity index (χ2n) is 3.19. The lowest BCUT2D eigenvalue weighted by atomic mass is 10.3. The third-order valence-corrected chi connectivity index (χ3v) is 3.38. The van der Waals surface area contributed by atoms with Crippen molar-refractivity contribution in [2.45, 2.75) is 13.3 Å². The number of halogens is 1. The molecule has 0 saturated carbocycles. The fourth-order valence-electron chi connectivity index (χ4n) is 1.17. The molecule has 0 amide bonds. The number of rotatable bonds is 4. The molecule has 1 aromatic carbocycles. The van der Waals surface area contributed by atoms with Gasteiger partial charge in [-0.05, 0) is 24.6 Å². The highest BCUT2D eigenvalue weighted by atomic mass is 35.5. The van der Waals surface area contributed by atoms with Gasteiger partial charge in [0.05, 0.1) is 11.4 Å². The second-order valence-corrected chi connectivity index (χ2v) is 5.47. The summed E-state index contributed by atoms with van der Waals surface area (Å²) in [6.45, 7) is 1.80. The van der Waals surface area contributed by atoms with E-state index < -0.39 is 10.0 Å². The predicted molar refractivity (Wildman–Crippen MR) is 63.6 cm³/mol. The third-order valence-electron chi connectivity index (χ3n) is 1.67. The summed E-state index contributed by atoms with van der Waals surface area (Å²) in [7, 11) is -3.28. The molecule has 15 heavy (non-hydrogen) atoms. The van der Waals surface area contributed by atoms with Gasteiger partial charge in [0, 0.05) is 10.7 Å². The van der Waals surface area contributed by atoms with Crippen molar-refractivity contribution in [3.8, 4) is 0 Å². The van der Waals surface area contributed by atoms with Crippen molar-refractivity contribution in [2.75, 3.05) is 16.2 Å². The normalized spacial score (nSPS) is 11.3. The molecule has 0 fully saturated rings. The number of benzene rings is 1. The highest BCUT2D eigenvalue weighted by Gasteiger charge is 2.09. The highest BCUT2D eigenvalue weighted by Crippen LogP contribution is 2.21. The Morgan fingerprint density at radius 1 is 1.40 bits per heavy atom. The highest BCUT2D eigenvalue weighted by molar-refractivity contribution is 7.92. The van der Waals surface area contributed by atoms with Crippen LogP contribution >= 0.6 is 11.6 Å². The molecule has 0 bridgehead atoms. The van der Waals surface area contributed by atoms with E-state index in [1.165, 1.54) is 12.1 Å². The van der Waals surface area contributed by atoms with E-state index >= 15 is 0 Å². The van der Waals surface area contributed by atoms with Crippen LogP contribution in [0.15, 0.2) is 18.2 Å². The first-order valence-corrected chi connectivity index (χ1v) is 6.52. The maximum absolute atomic E-state index is 11.4. The summed E-state index contributed by atoms with van der Waals surface area (Å²) in [6.07, 6.45) is 0.561. The van der Waals surface area contributed by atoms with Crippen LogP contribution in [0.5, 0.6) is 0 Å². The standard InChI is InChI=1S/C9H13ClN2O2S/c1-2-3-15(13,14)12-9-5-7(10)4-8(11)6-9/h4-6,12H,2-3,11H2,1H3. The SMILES string of the molecule is CCCS(=O)(=O)Nc1cc(N)cc(Cl)c1. The van der Waals surface area contributed by atoms with Crippen molar-refractivity contribution in [3.63, 3.8) is 0 Å². The largest absolute Gasteiger partial charge is 0.399 e. The molecule has 0 spiro atoms. The zero-order valence-electron chi connectivity index (χ0n) is 8.33. The van der Waals surface area contributed by atoms with Crippen LogP contribution in [0.3, 0.4) is 0 Å². The number of nitrogens with two attached hydrogens (primary N) is 1. The van der Waals surface area contributed by atoms with E-state index in [9.17, 15) is 8.42 Å². The molecule has 0 aliphatic carbocycles. The third kappa shape index (κ3) is 3.97. The number of hydrogen-bond acceptors (Lipinski definition) is 3. The lowest BCUT2D eigenvalue weighted by molar-refractivity contribution is 0.600. The van der Waals surface area contributed by atoms with Crippen molar-refractivity contribution in [3.05, 3.63) is 23.2 Å². The molecule has 0 aliphatic heterocycles. The van der Waals surface area contributed by atoms with Gasteiger partial charge in [0.2, 0.25) is 10.0 Å². The van der Waals surface area contributed by atoms with Gasteiger partial charge in [0.1, 0.15) is 0 Å². The Bertz CT molecular complexity index is 425. The Kier molecular flexibility index (Phi) is 3.82. The lowest BCUT2D eigenvalue weighted by Crippen LogP contribution is -2.16. The Morgan fingerprint density at radius 2 is 2.07 bits per heavy atom. The van der Waals surface area contributed by atoms with Gasteiger partial charge in [0.15, 0.2) is 0 Å². The topological polar surface area (TPSA) is 72.2 Å². The zero-order chi connectivity index (χ0) is 11.5. The van der Waals surface area contributed by atoms with Crippen LogP contribution in [0.25, 0.3) is 0 Å². The van der Waals surface area contributed by atoms with Gasteiger partial charge in [-0.2, -0.15) is 0 Å². The molecule has 0 saturated heterocycles. The molecule has 0 aromatic heterocycles. The van der Waals surface area contributed by atoms with Crippen molar-refractivity contribution in [1.82, 2.24) is 0 Å².